The molecule has 0 nitrogen and oxygen atoms in total. The number of hydrogen-bond donors (Lipinski definition) is 0. The molecule has 0 aliphatic carbocycles. The molecule has 0 radical (unpaired) electrons. The fourth-order valence-corrected chi connectivity index (χ4v) is 4.94. The predicted molar refractivity (Wildman–Crippen MR) is 177 cm³/mol. The quantitative estimate of drug-likeness (QED) is 0.0979. The first-order valence-corrected chi connectivity index (χ1v) is 16.1. The Kier molecular flexibility index (Phi) is 23.5. The van der Waals surface area contributed by atoms with Crippen molar-refractivity contribution >= 4 is 0 Å². The summed E-state index contributed by atoms with van der Waals surface area (Å²) in [5.41, 5.74) is 9.23. The van der Waals surface area contributed by atoms with Crippen molar-refractivity contribution in [2.75, 3.05) is 0 Å². The van der Waals surface area contributed by atoms with E-state index in [1.807, 2.05) is 0 Å². The first-order chi connectivity index (χ1) is 18.2. The average molecular weight is 523 g/mol. The van der Waals surface area contributed by atoms with Crippen LogP contribution in [0.4, 0.5) is 0 Å². The minimum absolute atomic E-state index is 0.814. The van der Waals surface area contributed by atoms with Crippen LogP contribution in [0.5, 0.6) is 0 Å². The average Bonchev–Trinajstić information content (AvgIpc) is 2.86. The molecule has 0 spiro atoms. The summed E-state index contributed by atoms with van der Waals surface area (Å²) in [6.45, 7) is 20.6. The normalized spacial score (nSPS) is 14.0. The molecule has 0 saturated heterocycles. The van der Waals surface area contributed by atoms with Gasteiger partial charge in [-0.15, -0.1) is 0 Å². The van der Waals surface area contributed by atoms with Crippen LogP contribution in [0.2, 0.25) is 0 Å². The molecule has 0 aliphatic rings. The lowest BCUT2D eigenvalue weighted by atomic mass is 9.88. The summed E-state index contributed by atoms with van der Waals surface area (Å²) >= 11 is 0. The van der Waals surface area contributed by atoms with Crippen LogP contribution in [0.25, 0.3) is 0 Å². The van der Waals surface area contributed by atoms with Gasteiger partial charge in [-0.2, -0.15) is 0 Å². The van der Waals surface area contributed by atoms with Crippen LogP contribution in [0, 0.1) is 5.92 Å². The lowest BCUT2D eigenvalue weighted by Gasteiger charge is -2.17. The molecule has 0 aromatic heterocycles. The van der Waals surface area contributed by atoms with E-state index in [2.05, 4.69) is 98.8 Å². The van der Waals surface area contributed by atoms with Crippen molar-refractivity contribution in [3.05, 3.63) is 69.9 Å². The third-order valence-electron chi connectivity index (χ3n) is 7.77. The second-order valence-electron chi connectivity index (χ2n) is 12.1. The van der Waals surface area contributed by atoms with Gasteiger partial charge in [-0.1, -0.05) is 109 Å². The lowest BCUT2D eigenvalue weighted by molar-refractivity contribution is 0.474. The first-order valence-electron chi connectivity index (χ1n) is 16.1. The van der Waals surface area contributed by atoms with E-state index < -0.39 is 0 Å². The molecule has 0 amide bonds. The molecular weight excluding hydrogens is 456 g/mol. The van der Waals surface area contributed by atoms with Gasteiger partial charge in [-0.25, -0.2) is 0 Å². The Bertz CT molecular complexity index is 765. The van der Waals surface area contributed by atoms with Crippen molar-refractivity contribution in [3.8, 4) is 0 Å². The van der Waals surface area contributed by atoms with E-state index in [1.54, 1.807) is 16.7 Å². The predicted octanol–water partition coefficient (Wildman–Crippen LogP) is 13.6. The largest absolute Gasteiger partial charge is 0.0856 e. The monoisotopic (exact) mass is 523 g/mol. The fraction of sp³-hybridized carbons (Fsp3) is 0.684. The van der Waals surface area contributed by atoms with E-state index in [0.717, 1.165) is 5.92 Å². The van der Waals surface area contributed by atoms with Crippen LogP contribution in [0.1, 0.15) is 165 Å². The number of allylic oxidation sites excluding steroid dienone is 12. The highest BCUT2D eigenvalue weighted by molar-refractivity contribution is 5.09. The minimum atomic E-state index is 0.814. The highest BCUT2D eigenvalue weighted by Crippen LogP contribution is 2.25. The maximum Gasteiger partial charge on any atom is -0.0206 e. The fourth-order valence-electron chi connectivity index (χ4n) is 4.94. The zero-order valence-electron chi connectivity index (χ0n) is 27.4. The van der Waals surface area contributed by atoms with Gasteiger partial charge in [0.15, 0.2) is 0 Å². The Morgan fingerprint density at radius 2 is 0.789 bits per heavy atom. The summed E-state index contributed by atoms with van der Waals surface area (Å²) < 4.78 is 0. The molecule has 0 atom stereocenters. The van der Waals surface area contributed by atoms with Crippen LogP contribution in [-0.2, 0) is 0 Å². The molecule has 0 aromatic rings. The van der Waals surface area contributed by atoms with Gasteiger partial charge in [0, 0.05) is 0 Å². The molecular formula is C38H66. The molecule has 0 rings (SSSR count). The molecule has 0 bridgehead atoms. The third-order valence-corrected chi connectivity index (χ3v) is 7.77. The smallest absolute Gasteiger partial charge is 0.0206 e. The zero-order valence-corrected chi connectivity index (χ0v) is 27.4. The van der Waals surface area contributed by atoms with Crippen molar-refractivity contribution in [3.63, 3.8) is 0 Å². The van der Waals surface area contributed by atoms with Crippen molar-refractivity contribution in [1.82, 2.24) is 0 Å². The van der Waals surface area contributed by atoms with Crippen LogP contribution in [0.3, 0.4) is 0 Å². The number of rotatable bonds is 22. The second kappa shape index (κ2) is 24.5. The summed E-state index contributed by atoms with van der Waals surface area (Å²) in [6.07, 6.45) is 34.7. The Labute approximate surface area is 240 Å². The SMILES string of the molecule is CCCCC(CCCC)C(C)=CCC/C(C)=C/CC/C(C)=C/CC/C=C(\C)CC/C=C(\C)CCC=C(C)C. The highest BCUT2D eigenvalue weighted by atomic mass is 14.1. The maximum atomic E-state index is 2.54. The molecule has 0 aliphatic heterocycles. The van der Waals surface area contributed by atoms with E-state index in [0.29, 0.717) is 0 Å². The van der Waals surface area contributed by atoms with Gasteiger partial charge < -0.3 is 0 Å². The molecule has 0 fully saturated rings. The number of unbranched alkanes of at least 4 members (excludes halogenated alkanes) is 3. The van der Waals surface area contributed by atoms with Gasteiger partial charge in [0.1, 0.15) is 0 Å². The lowest BCUT2D eigenvalue weighted by Crippen LogP contribution is -2.02. The van der Waals surface area contributed by atoms with Crippen LogP contribution >= 0.6 is 0 Å². The Balaban J connectivity index is 4.28. The molecule has 0 unspecified atom stereocenters. The molecule has 0 heteroatoms. The number of hydrogen-bond acceptors (Lipinski definition) is 0. The van der Waals surface area contributed by atoms with Gasteiger partial charge in [-0.3, -0.25) is 0 Å². The van der Waals surface area contributed by atoms with E-state index in [4.69, 9.17) is 0 Å². The van der Waals surface area contributed by atoms with Gasteiger partial charge in [0.25, 0.3) is 0 Å². The highest BCUT2D eigenvalue weighted by Gasteiger charge is 2.09. The summed E-state index contributed by atoms with van der Waals surface area (Å²) in [5, 5.41) is 0. The summed E-state index contributed by atoms with van der Waals surface area (Å²) in [4.78, 5) is 0. The van der Waals surface area contributed by atoms with E-state index >= 15 is 0 Å². The third kappa shape index (κ3) is 22.4. The Morgan fingerprint density at radius 1 is 0.447 bits per heavy atom. The zero-order chi connectivity index (χ0) is 28.6. The Morgan fingerprint density at radius 3 is 1.16 bits per heavy atom. The van der Waals surface area contributed by atoms with E-state index in [1.165, 1.54) is 119 Å². The van der Waals surface area contributed by atoms with Crippen molar-refractivity contribution in [2.24, 2.45) is 5.92 Å². The molecule has 218 valence electrons. The van der Waals surface area contributed by atoms with Gasteiger partial charge >= 0.3 is 0 Å². The summed E-state index contributed by atoms with van der Waals surface area (Å²) in [5.74, 6) is 0.814. The minimum Gasteiger partial charge on any atom is -0.0856 e. The first kappa shape index (κ1) is 36.4. The van der Waals surface area contributed by atoms with Crippen molar-refractivity contribution in [2.45, 2.75) is 165 Å². The van der Waals surface area contributed by atoms with E-state index in [9.17, 15) is 0 Å². The van der Waals surface area contributed by atoms with Crippen LogP contribution < -0.4 is 0 Å². The summed E-state index contributed by atoms with van der Waals surface area (Å²) in [6, 6.07) is 0. The van der Waals surface area contributed by atoms with Crippen LogP contribution in [-0.4, -0.2) is 0 Å². The maximum absolute atomic E-state index is 2.54. The molecule has 0 aromatic carbocycles. The second-order valence-corrected chi connectivity index (χ2v) is 12.1. The van der Waals surface area contributed by atoms with Gasteiger partial charge in [0.2, 0.25) is 0 Å². The topological polar surface area (TPSA) is 0 Å². The molecule has 0 heterocycles. The Hall–Kier alpha value is -1.56. The van der Waals surface area contributed by atoms with Gasteiger partial charge in [0.05, 0.1) is 0 Å². The standard InChI is InChI=1S/C38H66/c1-10-12-30-38(31-13-11-2)37(9)29-19-28-36(8)27-18-25-34(6)22-15-14-21-33(5)24-17-26-35(7)23-16-20-32(3)4/h20-22,26-27,29,38H,10-19,23-25,28,30-31H2,1-9H3/b33-21+,34-22+,35-26+,36-27+,37-29?. The molecule has 0 saturated carbocycles. The van der Waals surface area contributed by atoms with Crippen LogP contribution in [0.15, 0.2) is 69.9 Å². The molecule has 0 N–H and O–H groups in total. The van der Waals surface area contributed by atoms with Crippen molar-refractivity contribution in [1.29, 1.82) is 0 Å². The molecule has 38 heavy (non-hydrogen) atoms. The summed E-state index contributed by atoms with van der Waals surface area (Å²) in [7, 11) is 0. The van der Waals surface area contributed by atoms with E-state index in [-0.39, 0.29) is 0 Å². The van der Waals surface area contributed by atoms with Gasteiger partial charge in [-0.05, 0) is 131 Å². The van der Waals surface area contributed by atoms with Crippen molar-refractivity contribution < 1.29 is 0 Å².